The summed E-state index contributed by atoms with van der Waals surface area (Å²) in [5.41, 5.74) is 0.770. The van der Waals surface area contributed by atoms with Crippen molar-refractivity contribution in [2.75, 3.05) is 16.4 Å². The Bertz CT molecular complexity index is 874. The summed E-state index contributed by atoms with van der Waals surface area (Å²) in [7, 11) is 0. The standard InChI is InChI=1S/C15H15N5O2S4/c1-2-23-15-20-19-14(26-15)17-11(21)6-5-9-8-25-13(16-9)18-12(22)10-4-3-7-24-10/h3-4,7-8H,2,5-6H2,1H3,(H,16,18,22)(H,17,19,21). The van der Waals surface area contributed by atoms with Crippen LogP contribution in [0.4, 0.5) is 10.3 Å². The van der Waals surface area contributed by atoms with Gasteiger partial charge in [0.2, 0.25) is 11.0 Å². The smallest absolute Gasteiger partial charge is 0.267 e. The molecule has 0 saturated heterocycles. The van der Waals surface area contributed by atoms with Gasteiger partial charge in [-0.1, -0.05) is 36.1 Å². The van der Waals surface area contributed by atoms with Gasteiger partial charge in [-0.15, -0.1) is 32.9 Å². The number of anilines is 2. The number of hydrogen-bond donors (Lipinski definition) is 2. The summed E-state index contributed by atoms with van der Waals surface area (Å²) in [6.07, 6.45) is 0.782. The molecule has 0 aromatic carbocycles. The average molecular weight is 426 g/mol. The summed E-state index contributed by atoms with van der Waals surface area (Å²) in [6, 6.07) is 3.59. The molecule has 3 aromatic heterocycles. The SMILES string of the molecule is CCSc1nnc(NC(=O)CCc2csc(NC(=O)c3cccs3)n2)s1. The van der Waals surface area contributed by atoms with Crippen LogP contribution in [0.5, 0.6) is 0 Å². The first-order chi connectivity index (χ1) is 12.6. The maximum atomic E-state index is 12.0. The van der Waals surface area contributed by atoms with Gasteiger partial charge in [0.05, 0.1) is 10.6 Å². The van der Waals surface area contributed by atoms with Gasteiger partial charge in [0.15, 0.2) is 9.47 Å². The van der Waals surface area contributed by atoms with Crippen molar-refractivity contribution in [2.45, 2.75) is 24.1 Å². The second-order valence-electron chi connectivity index (χ2n) is 4.93. The molecule has 0 aliphatic carbocycles. The second-order valence-corrected chi connectivity index (χ2v) is 9.22. The van der Waals surface area contributed by atoms with Gasteiger partial charge >= 0.3 is 0 Å². The lowest BCUT2D eigenvalue weighted by Crippen LogP contribution is -2.12. The quantitative estimate of drug-likeness (QED) is 0.418. The summed E-state index contributed by atoms with van der Waals surface area (Å²) in [6.45, 7) is 2.04. The number of amides is 2. The number of aromatic nitrogens is 3. The molecule has 3 aromatic rings. The number of thiazole rings is 1. The highest BCUT2D eigenvalue weighted by atomic mass is 32.2. The van der Waals surface area contributed by atoms with E-state index in [1.807, 2.05) is 23.8 Å². The molecule has 11 heteroatoms. The largest absolute Gasteiger partial charge is 0.300 e. The number of nitrogens with one attached hydrogen (secondary N) is 2. The van der Waals surface area contributed by atoms with Crippen LogP contribution in [-0.4, -0.2) is 32.7 Å². The van der Waals surface area contributed by atoms with E-state index in [0.717, 1.165) is 15.8 Å². The summed E-state index contributed by atoms with van der Waals surface area (Å²) >= 11 is 5.68. The molecule has 0 saturated carbocycles. The van der Waals surface area contributed by atoms with Gasteiger partial charge < -0.3 is 5.32 Å². The number of carbonyl (C=O) groups excluding carboxylic acids is 2. The van der Waals surface area contributed by atoms with Crippen molar-refractivity contribution >= 4 is 67.8 Å². The molecule has 2 amide bonds. The van der Waals surface area contributed by atoms with Gasteiger partial charge in [-0.05, 0) is 23.6 Å². The Morgan fingerprint density at radius 3 is 2.85 bits per heavy atom. The number of thiophene rings is 1. The number of nitrogens with zero attached hydrogens (tertiary/aromatic N) is 3. The molecule has 0 aliphatic rings. The molecule has 0 radical (unpaired) electrons. The van der Waals surface area contributed by atoms with Crippen LogP contribution < -0.4 is 10.6 Å². The molecular formula is C15H15N5O2S4. The molecule has 7 nitrogen and oxygen atoms in total. The average Bonchev–Trinajstić information content (AvgIpc) is 3.35. The molecule has 3 rings (SSSR count). The van der Waals surface area contributed by atoms with Crippen molar-refractivity contribution in [2.24, 2.45) is 0 Å². The molecule has 2 N–H and O–H groups in total. The third-order valence-electron chi connectivity index (χ3n) is 3.05. The lowest BCUT2D eigenvalue weighted by atomic mass is 10.2. The minimum absolute atomic E-state index is 0.133. The van der Waals surface area contributed by atoms with Crippen molar-refractivity contribution in [3.05, 3.63) is 33.5 Å². The molecule has 3 heterocycles. The predicted octanol–water partition coefficient (Wildman–Crippen LogP) is 3.99. The summed E-state index contributed by atoms with van der Waals surface area (Å²) in [5.74, 6) is 0.611. The normalized spacial score (nSPS) is 10.7. The minimum atomic E-state index is -0.171. The van der Waals surface area contributed by atoms with Gasteiger partial charge in [0.1, 0.15) is 0 Å². The summed E-state index contributed by atoms with van der Waals surface area (Å²) in [5, 5.41) is 18.2. The Balaban J connectivity index is 1.46. The highest BCUT2D eigenvalue weighted by Crippen LogP contribution is 2.25. The van der Waals surface area contributed by atoms with Crippen molar-refractivity contribution in [1.82, 2.24) is 15.2 Å². The topological polar surface area (TPSA) is 96.9 Å². The maximum Gasteiger partial charge on any atom is 0.267 e. The maximum absolute atomic E-state index is 12.0. The Kier molecular flexibility index (Phi) is 6.72. The van der Waals surface area contributed by atoms with Crippen LogP contribution in [0.3, 0.4) is 0 Å². The number of carbonyl (C=O) groups is 2. The molecule has 136 valence electrons. The Hall–Kier alpha value is -1.82. The van der Waals surface area contributed by atoms with E-state index in [0.29, 0.717) is 21.6 Å². The highest BCUT2D eigenvalue weighted by molar-refractivity contribution is 8.01. The molecule has 26 heavy (non-hydrogen) atoms. The zero-order valence-corrected chi connectivity index (χ0v) is 17.0. The third-order valence-corrected chi connectivity index (χ3v) is 6.58. The lowest BCUT2D eigenvalue weighted by Gasteiger charge is -2.00. The first kappa shape index (κ1) is 19.0. The molecule has 0 bridgehead atoms. The first-order valence-corrected chi connectivity index (χ1v) is 11.3. The van der Waals surface area contributed by atoms with Crippen molar-refractivity contribution in [3.63, 3.8) is 0 Å². The van der Waals surface area contributed by atoms with Gasteiger partial charge in [-0.2, -0.15) is 0 Å². The van der Waals surface area contributed by atoms with E-state index in [2.05, 4.69) is 25.8 Å². The predicted molar refractivity (Wildman–Crippen MR) is 108 cm³/mol. The van der Waals surface area contributed by atoms with E-state index >= 15 is 0 Å². The Morgan fingerprint density at radius 1 is 1.19 bits per heavy atom. The van der Waals surface area contributed by atoms with Gasteiger partial charge in [0.25, 0.3) is 5.91 Å². The zero-order chi connectivity index (χ0) is 18.4. The lowest BCUT2D eigenvalue weighted by molar-refractivity contribution is -0.116. The van der Waals surface area contributed by atoms with Crippen LogP contribution >= 0.6 is 45.8 Å². The molecule has 0 aliphatic heterocycles. The Labute approximate surface area is 166 Å². The minimum Gasteiger partial charge on any atom is -0.300 e. The van der Waals surface area contributed by atoms with Crippen LogP contribution in [0.25, 0.3) is 0 Å². The van der Waals surface area contributed by atoms with E-state index in [9.17, 15) is 9.59 Å². The molecule has 0 spiro atoms. The van der Waals surface area contributed by atoms with Gasteiger partial charge in [0, 0.05) is 11.8 Å². The fraction of sp³-hybridized carbons (Fsp3) is 0.267. The van der Waals surface area contributed by atoms with E-state index in [-0.39, 0.29) is 18.2 Å². The van der Waals surface area contributed by atoms with Gasteiger partial charge in [-0.3, -0.25) is 14.9 Å². The van der Waals surface area contributed by atoms with Crippen molar-refractivity contribution < 1.29 is 9.59 Å². The van der Waals surface area contributed by atoms with E-state index in [1.165, 1.54) is 34.0 Å². The fourth-order valence-electron chi connectivity index (χ4n) is 1.91. The molecular weight excluding hydrogens is 410 g/mol. The van der Waals surface area contributed by atoms with Crippen molar-refractivity contribution in [3.8, 4) is 0 Å². The summed E-state index contributed by atoms with van der Waals surface area (Å²) < 4.78 is 0.841. The molecule has 0 unspecified atom stereocenters. The highest BCUT2D eigenvalue weighted by Gasteiger charge is 2.12. The number of aryl methyl sites for hydroxylation is 1. The van der Waals surface area contributed by atoms with Crippen LogP contribution in [0.2, 0.25) is 0 Å². The van der Waals surface area contributed by atoms with Crippen LogP contribution in [0.1, 0.15) is 28.7 Å². The van der Waals surface area contributed by atoms with E-state index < -0.39 is 0 Å². The van der Waals surface area contributed by atoms with Gasteiger partial charge in [-0.25, -0.2) is 4.98 Å². The molecule has 0 atom stereocenters. The fourth-order valence-corrected chi connectivity index (χ4v) is 4.94. The first-order valence-electron chi connectivity index (χ1n) is 7.69. The van der Waals surface area contributed by atoms with Crippen molar-refractivity contribution in [1.29, 1.82) is 0 Å². The number of hydrogen-bond acceptors (Lipinski definition) is 9. The summed E-state index contributed by atoms with van der Waals surface area (Å²) in [4.78, 5) is 29.0. The zero-order valence-electron chi connectivity index (χ0n) is 13.7. The monoisotopic (exact) mass is 425 g/mol. The molecule has 0 fully saturated rings. The van der Waals surface area contributed by atoms with Crippen LogP contribution in [0, 0.1) is 0 Å². The van der Waals surface area contributed by atoms with E-state index in [4.69, 9.17) is 0 Å². The second kappa shape index (κ2) is 9.21. The number of thioether (sulfide) groups is 1. The van der Waals surface area contributed by atoms with E-state index in [1.54, 1.807) is 17.8 Å². The third kappa shape index (κ3) is 5.34. The van der Waals surface area contributed by atoms with Crippen LogP contribution in [-0.2, 0) is 11.2 Å². The van der Waals surface area contributed by atoms with Crippen LogP contribution in [0.15, 0.2) is 27.2 Å². The number of rotatable bonds is 8. The Morgan fingerprint density at radius 2 is 2.08 bits per heavy atom.